The quantitative estimate of drug-likeness (QED) is 0.737. The summed E-state index contributed by atoms with van der Waals surface area (Å²) in [5.41, 5.74) is 0.116. The molecule has 0 unspecified atom stereocenters. The Kier molecular flexibility index (Phi) is 4.58. The molecule has 0 spiro atoms. The molecule has 0 aliphatic heterocycles. The maximum Gasteiger partial charge on any atom is 0.183 e. The Labute approximate surface area is 91.7 Å². The van der Waals surface area contributed by atoms with Crippen LogP contribution >= 0.6 is 0 Å². The van der Waals surface area contributed by atoms with Crippen LogP contribution in [-0.2, 0) is 4.43 Å². The molecule has 4 heteroatoms. The summed E-state index contributed by atoms with van der Waals surface area (Å²) in [5.74, 6) is 0. The van der Waals surface area contributed by atoms with E-state index in [0.29, 0.717) is 0 Å². The summed E-state index contributed by atoms with van der Waals surface area (Å²) in [6.45, 7) is 19.0. The summed E-state index contributed by atoms with van der Waals surface area (Å²) >= 11 is 0. The summed E-state index contributed by atoms with van der Waals surface area (Å²) in [4.78, 5) is 3.70. The minimum Gasteiger partial charge on any atom is -0.416 e. The summed E-state index contributed by atoms with van der Waals surface area (Å²) in [5, 5.41) is 0. The second kappa shape index (κ2) is 4.47. The van der Waals surface area contributed by atoms with E-state index in [0.717, 1.165) is 6.61 Å². The molecule has 86 valence electrons. The number of hydrogen-bond acceptors (Lipinski definition) is 2. The lowest BCUT2D eigenvalue weighted by Gasteiger charge is -2.35. The minimum atomic E-state index is -1.37. The van der Waals surface area contributed by atoms with Crippen molar-refractivity contribution in [1.82, 2.24) is 4.98 Å². The second-order valence-electron chi connectivity index (χ2n) is 6.66. The van der Waals surface area contributed by atoms with Crippen LogP contribution in [0.4, 0.5) is 0 Å². The summed E-state index contributed by atoms with van der Waals surface area (Å²) in [7, 11) is -2.57. The third-order valence-electron chi connectivity index (χ3n) is 1.58. The molecule has 0 aliphatic carbocycles. The molecule has 0 rings (SSSR count). The van der Waals surface area contributed by atoms with Gasteiger partial charge in [-0.05, 0) is 33.5 Å². The normalized spacial score (nSPS) is 14.6. The standard InChI is InChI=1S/C10H27NOSi2/c1-10(2,11-13(3,4)5)9-12-14(6,7)8/h11H,9H2,1-8H3. The van der Waals surface area contributed by atoms with Gasteiger partial charge in [0.1, 0.15) is 8.24 Å². The van der Waals surface area contributed by atoms with Gasteiger partial charge in [0.2, 0.25) is 0 Å². The molecule has 0 saturated heterocycles. The van der Waals surface area contributed by atoms with Gasteiger partial charge >= 0.3 is 0 Å². The molecule has 0 fully saturated rings. The first-order valence-corrected chi connectivity index (χ1v) is 12.3. The van der Waals surface area contributed by atoms with Crippen LogP contribution in [0.5, 0.6) is 0 Å². The second-order valence-corrected chi connectivity index (χ2v) is 15.9. The molecule has 0 aromatic rings. The fraction of sp³-hybridized carbons (Fsp3) is 1.00. The van der Waals surface area contributed by atoms with Crippen LogP contribution in [0.3, 0.4) is 0 Å². The highest BCUT2D eigenvalue weighted by molar-refractivity contribution is 6.73. The third-order valence-corrected chi connectivity index (χ3v) is 4.02. The van der Waals surface area contributed by atoms with Crippen molar-refractivity contribution in [1.29, 1.82) is 0 Å². The molecule has 0 aromatic heterocycles. The van der Waals surface area contributed by atoms with E-state index in [2.05, 4.69) is 58.1 Å². The largest absolute Gasteiger partial charge is 0.416 e. The molecule has 0 aliphatic rings. The summed E-state index contributed by atoms with van der Waals surface area (Å²) < 4.78 is 5.94. The summed E-state index contributed by atoms with van der Waals surface area (Å²) in [6.07, 6.45) is 0. The van der Waals surface area contributed by atoms with Crippen LogP contribution in [0.15, 0.2) is 0 Å². The Balaban J connectivity index is 4.09. The zero-order chi connectivity index (χ0) is 11.6. The molecule has 0 heterocycles. The van der Waals surface area contributed by atoms with Crippen molar-refractivity contribution in [2.75, 3.05) is 6.61 Å². The van der Waals surface area contributed by atoms with Crippen molar-refractivity contribution >= 4 is 16.6 Å². The predicted molar refractivity (Wildman–Crippen MR) is 69.9 cm³/mol. The van der Waals surface area contributed by atoms with Crippen molar-refractivity contribution < 1.29 is 4.43 Å². The van der Waals surface area contributed by atoms with Crippen molar-refractivity contribution in [2.24, 2.45) is 0 Å². The number of nitrogens with one attached hydrogen (secondary N) is 1. The van der Waals surface area contributed by atoms with Crippen LogP contribution in [0.2, 0.25) is 39.3 Å². The Morgan fingerprint density at radius 2 is 1.43 bits per heavy atom. The lowest BCUT2D eigenvalue weighted by Crippen LogP contribution is -2.57. The Hall–Kier alpha value is 0.354. The fourth-order valence-corrected chi connectivity index (χ4v) is 4.34. The van der Waals surface area contributed by atoms with Crippen LogP contribution in [0.1, 0.15) is 13.8 Å². The first-order chi connectivity index (χ1) is 5.91. The molecule has 0 aromatic carbocycles. The van der Waals surface area contributed by atoms with Crippen molar-refractivity contribution in [3.63, 3.8) is 0 Å². The molecular weight excluding hydrogens is 206 g/mol. The van der Waals surface area contributed by atoms with Crippen molar-refractivity contribution in [2.45, 2.75) is 58.7 Å². The van der Waals surface area contributed by atoms with E-state index in [1.807, 2.05) is 0 Å². The highest BCUT2D eigenvalue weighted by atomic mass is 28.4. The van der Waals surface area contributed by atoms with Gasteiger partial charge < -0.3 is 9.41 Å². The smallest absolute Gasteiger partial charge is 0.183 e. The molecular formula is C10H27NOSi2. The molecule has 0 amide bonds. The highest BCUT2D eigenvalue weighted by Gasteiger charge is 2.27. The zero-order valence-corrected chi connectivity index (χ0v) is 13.1. The van der Waals surface area contributed by atoms with Crippen LogP contribution < -0.4 is 4.98 Å². The third kappa shape index (κ3) is 8.93. The lowest BCUT2D eigenvalue weighted by atomic mass is 10.1. The molecule has 0 saturated carbocycles. The van der Waals surface area contributed by atoms with Crippen LogP contribution in [0.25, 0.3) is 0 Å². The average molecular weight is 234 g/mol. The van der Waals surface area contributed by atoms with E-state index in [1.54, 1.807) is 0 Å². The van der Waals surface area contributed by atoms with Gasteiger partial charge in [0.25, 0.3) is 0 Å². The first-order valence-electron chi connectivity index (χ1n) is 5.35. The van der Waals surface area contributed by atoms with Gasteiger partial charge in [0.05, 0.1) is 6.61 Å². The lowest BCUT2D eigenvalue weighted by molar-refractivity contribution is 0.222. The van der Waals surface area contributed by atoms with E-state index < -0.39 is 16.6 Å². The van der Waals surface area contributed by atoms with Gasteiger partial charge in [-0.15, -0.1) is 0 Å². The van der Waals surface area contributed by atoms with Crippen molar-refractivity contribution in [3.05, 3.63) is 0 Å². The molecule has 2 nitrogen and oxygen atoms in total. The molecule has 0 radical (unpaired) electrons. The van der Waals surface area contributed by atoms with E-state index in [-0.39, 0.29) is 5.54 Å². The van der Waals surface area contributed by atoms with E-state index in [1.165, 1.54) is 0 Å². The Morgan fingerprint density at radius 1 is 1.00 bits per heavy atom. The molecule has 0 atom stereocenters. The highest BCUT2D eigenvalue weighted by Crippen LogP contribution is 2.12. The molecule has 1 N–H and O–H groups in total. The van der Waals surface area contributed by atoms with E-state index in [4.69, 9.17) is 4.43 Å². The fourth-order valence-electron chi connectivity index (χ4n) is 1.45. The van der Waals surface area contributed by atoms with E-state index in [9.17, 15) is 0 Å². The van der Waals surface area contributed by atoms with Gasteiger partial charge in [-0.1, -0.05) is 19.6 Å². The minimum absolute atomic E-state index is 0.116. The van der Waals surface area contributed by atoms with Crippen molar-refractivity contribution in [3.8, 4) is 0 Å². The molecule has 14 heavy (non-hydrogen) atoms. The average Bonchev–Trinajstić information content (AvgIpc) is 1.76. The van der Waals surface area contributed by atoms with Gasteiger partial charge in [-0.25, -0.2) is 0 Å². The first kappa shape index (κ1) is 14.4. The monoisotopic (exact) mass is 233 g/mol. The SMILES string of the molecule is CC(C)(CO[Si](C)(C)C)N[Si](C)(C)C. The van der Waals surface area contributed by atoms with Crippen LogP contribution in [0, 0.1) is 0 Å². The topological polar surface area (TPSA) is 21.3 Å². The maximum absolute atomic E-state index is 5.94. The summed E-state index contributed by atoms with van der Waals surface area (Å²) in [6, 6.07) is 0. The number of hydrogen-bond donors (Lipinski definition) is 1. The Bertz CT molecular complexity index is 180. The Morgan fingerprint density at radius 3 is 1.71 bits per heavy atom. The van der Waals surface area contributed by atoms with Gasteiger partial charge in [-0.3, -0.25) is 0 Å². The predicted octanol–water partition coefficient (Wildman–Crippen LogP) is 3.04. The van der Waals surface area contributed by atoms with Crippen LogP contribution in [-0.4, -0.2) is 28.7 Å². The van der Waals surface area contributed by atoms with E-state index >= 15 is 0 Å². The van der Waals surface area contributed by atoms with Gasteiger partial charge in [0, 0.05) is 5.54 Å². The van der Waals surface area contributed by atoms with Gasteiger partial charge in [0.15, 0.2) is 8.32 Å². The van der Waals surface area contributed by atoms with Gasteiger partial charge in [-0.2, -0.15) is 0 Å². The number of rotatable bonds is 5. The zero-order valence-electron chi connectivity index (χ0n) is 11.1. The maximum atomic E-state index is 5.94. The molecule has 0 bridgehead atoms.